The minimum atomic E-state index is -0.286. The fourth-order valence-electron chi connectivity index (χ4n) is 3.76. The number of benzene rings is 2. The molecule has 0 fully saturated rings. The van der Waals surface area contributed by atoms with Crippen LogP contribution in [0.1, 0.15) is 46.0 Å². The monoisotopic (exact) mass is 456 g/mol. The molecule has 0 aliphatic rings. The zero-order chi connectivity index (χ0) is 23.8. The van der Waals surface area contributed by atoms with Crippen molar-refractivity contribution < 1.29 is 13.9 Å². The van der Waals surface area contributed by atoms with Gasteiger partial charge in [-0.1, -0.05) is 54.6 Å². The van der Waals surface area contributed by atoms with Crippen LogP contribution >= 0.6 is 0 Å². The summed E-state index contributed by atoms with van der Waals surface area (Å²) in [7, 11) is 1.67. The maximum absolute atomic E-state index is 12.6. The minimum Gasteiger partial charge on any atom is -0.496 e. The summed E-state index contributed by atoms with van der Waals surface area (Å²) >= 11 is 0. The average molecular weight is 457 g/mol. The Hall–Kier alpha value is -3.97. The Labute approximate surface area is 199 Å². The van der Waals surface area contributed by atoms with Crippen molar-refractivity contribution in [2.24, 2.45) is 0 Å². The van der Waals surface area contributed by atoms with Crippen molar-refractivity contribution in [3.8, 4) is 5.75 Å². The number of carbonyl (C=O) groups excluding carboxylic acids is 1. The van der Waals surface area contributed by atoms with Crippen LogP contribution in [0.3, 0.4) is 0 Å². The fraction of sp³-hybridized carbons (Fsp3) is 0.222. The molecule has 0 aliphatic heterocycles. The number of hydrogen-bond acceptors (Lipinski definition) is 6. The highest BCUT2D eigenvalue weighted by Gasteiger charge is 2.21. The van der Waals surface area contributed by atoms with Gasteiger partial charge in [0.1, 0.15) is 12.0 Å². The number of oxazole rings is 1. The quantitative estimate of drug-likeness (QED) is 0.370. The first-order valence-corrected chi connectivity index (χ1v) is 11.2. The highest BCUT2D eigenvalue weighted by atomic mass is 16.5. The first-order valence-electron chi connectivity index (χ1n) is 11.2. The van der Waals surface area contributed by atoms with Crippen molar-refractivity contribution in [3.05, 3.63) is 114 Å². The normalized spacial score (nSPS) is 11.9. The third-order valence-corrected chi connectivity index (χ3v) is 5.69. The molecule has 0 spiro atoms. The van der Waals surface area contributed by atoms with Crippen LogP contribution in [0.5, 0.6) is 5.75 Å². The van der Waals surface area contributed by atoms with Crippen molar-refractivity contribution in [1.82, 2.24) is 20.2 Å². The summed E-state index contributed by atoms with van der Waals surface area (Å²) in [6, 6.07) is 22.1. The van der Waals surface area contributed by atoms with Crippen molar-refractivity contribution in [2.45, 2.75) is 32.6 Å². The molecule has 0 radical (unpaired) electrons. The van der Waals surface area contributed by atoms with E-state index in [4.69, 9.17) is 9.15 Å². The second-order valence-electron chi connectivity index (χ2n) is 7.97. The summed E-state index contributed by atoms with van der Waals surface area (Å²) in [5.74, 6) is 1.02. The Kier molecular flexibility index (Phi) is 7.67. The second-order valence-corrected chi connectivity index (χ2v) is 7.97. The van der Waals surface area contributed by atoms with Crippen molar-refractivity contribution in [2.75, 3.05) is 7.11 Å². The molecule has 2 aromatic heterocycles. The summed E-state index contributed by atoms with van der Waals surface area (Å²) in [5.41, 5.74) is 3.41. The van der Waals surface area contributed by atoms with E-state index in [1.165, 1.54) is 11.8 Å². The van der Waals surface area contributed by atoms with Gasteiger partial charge in [-0.25, -0.2) is 4.98 Å². The summed E-state index contributed by atoms with van der Waals surface area (Å²) in [6.45, 7) is 3.59. The van der Waals surface area contributed by atoms with E-state index in [1.807, 2.05) is 48.5 Å². The molecule has 2 heterocycles. The van der Waals surface area contributed by atoms with E-state index in [9.17, 15) is 4.79 Å². The molecule has 4 rings (SSSR count). The molecule has 1 atom stereocenters. The molecule has 1 amide bonds. The number of nitrogens with zero attached hydrogens (tertiary/aromatic N) is 3. The Morgan fingerprint density at radius 3 is 2.62 bits per heavy atom. The zero-order valence-electron chi connectivity index (χ0n) is 19.3. The Balaban J connectivity index is 1.49. The third kappa shape index (κ3) is 5.88. The molecule has 7 nitrogen and oxygen atoms in total. The van der Waals surface area contributed by atoms with E-state index in [0.717, 1.165) is 16.9 Å². The molecule has 34 heavy (non-hydrogen) atoms. The topological polar surface area (TPSA) is 80.5 Å². The summed E-state index contributed by atoms with van der Waals surface area (Å²) < 4.78 is 11.2. The van der Waals surface area contributed by atoms with Crippen molar-refractivity contribution in [1.29, 1.82) is 0 Å². The molecule has 1 unspecified atom stereocenters. The van der Waals surface area contributed by atoms with Gasteiger partial charge in [-0.3, -0.25) is 14.7 Å². The number of methoxy groups -OCH3 is 1. The van der Waals surface area contributed by atoms with Gasteiger partial charge in [0.15, 0.2) is 5.69 Å². The van der Waals surface area contributed by atoms with Gasteiger partial charge in [-0.2, -0.15) is 0 Å². The Bertz CT molecular complexity index is 1190. The Morgan fingerprint density at radius 2 is 1.85 bits per heavy atom. The molecule has 0 saturated carbocycles. The number of carbonyl (C=O) groups is 1. The number of rotatable bonds is 10. The van der Waals surface area contributed by atoms with E-state index in [-0.39, 0.29) is 17.6 Å². The van der Waals surface area contributed by atoms with Gasteiger partial charge in [-0.05, 0) is 30.2 Å². The lowest BCUT2D eigenvalue weighted by atomic mass is 10.1. The fourth-order valence-corrected chi connectivity index (χ4v) is 3.76. The molecule has 1 N–H and O–H groups in total. The molecule has 0 saturated heterocycles. The van der Waals surface area contributed by atoms with Gasteiger partial charge < -0.3 is 14.5 Å². The lowest BCUT2D eigenvalue weighted by Gasteiger charge is -2.29. The van der Waals surface area contributed by atoms with Crippen LogP contribution in [-0.2, 0) is 19.6 Å². The molecular formula is C27H28N4O3. The number of hydrogen-bond donors (Lipinski definition) is 1. The second kappa shape index (κ2) is 11.2. The first-order chi connectivity index (χ1) is 16.6. The van der Waals surface area contributed by atoms with E-state index in [2.05, 4.69) is 45.3 Å². The van der Waals surface area contributed by atoms with E-state index < -0.39 is 0 Å². The molecular weight excluding hydrogens is 428 g/mol. The Morgan fingerprint density at radius 1 is 1.06 bits per heavy atom. The standard InChI is InChI=1S/C27H28N4O3/c1-20(22-10-4-3-5-11-22)31(17-23-12-6-7-13-25(23)33-2)18-26-30-24(19-34-26)27(32)29-16-21-9-8-14-28-15-21/h3-15,19-20H,16-18H2,1-2H3,(H,29,32). The van der Waals surface area contributed by atoms with Crippen molar-refractivity contribution >= 4 is 5.91 Å². The summed E-state index contributed by atoms with van der Waals surface area (Å²) in [5, 5.41) is 2.85. The number of pyridine rings is 1. The predicted molar refractivity (Wildman–Crippen MR) is 129 cm³/mol. The van der Waals surface area contributed by atoms with Gasteiger partial charge in [0.25, 0.3) is 5.91 Å². The van der Waals surface area contributed by atoms with Crippen LogP contribution in [0.4, 0.5) is 0 Å². The number of para-hydroxylation sites is 1. The lowest BCUT2D eigenvalue weighted by molar-refractivity contribution is 0.0945. The van der Waals surface area contributed by atoms with Gasteiger partial charge in [0.2, 0.25) is 5.89 Å². The van der Waals surface area contributed by atoms with E-state index in [0.29, 0.717) is 25.5 Å². The molecule has 2 aromatic carbocycles. The summed E-state index contributed by atoms with van der Waals surface area (Å²) in [6.07, 6.45) is 4.82. The number of aromatic nitrogens is 2. The molecule has 0 bridgehead atoms. The van der Waals surface area contributed by atoms with Crippen LogP contribution in [0.15, 0.2) is 89.8 Å². The summed E-state index contributed by atoms with van der Waals surface area (Å²) in [4.78, 5) is 23.3. The van der Waals surface area contributed by atoms with Gasteiger partial charge in [0.05, 0.1) is 13.7 Å². The number of ether oxygens (including phenoxy) is 1. The SMILES string of the molecule is COc1ccccc1CN(Cc1nc(C(=O)NCc2cccnc2)co1)C(C)c1ccccc1. The van der Waals surface area contributed by atoms with Gasteiger partial charge in [0, 0.05) is 37.1 Å². The number of nitrogens with one attached hydrogen (secondary N) is 1. The number of amides is 1. The highest BCUT2D eigenvalue weighted by molar-refractivity contribution is 5.91. The maximum atomic E-state index is 12.6. The van der Waals surface area contributed by atoms with Gasteiger partial charge in [-0.15, -0.1) is 0 Å². The maximum Gasteiger partial charge on any atom is 0.273 e. The largest absolute Gasteiger partial charge is 0.496 e. The third-order valence-electron chi connectivity index (χ3n) is 5.69. The van der Waals surface area contributed by atoms with E-state index >= 15 is 0 Å². The average Bonchev–Trinajstić information content (AvgIpc) is 3.36. The predicted octanol–water partition coefficient (Wildman–Crippen LogP) is 4.77. The van der Waals surface area contributed by atoms with Crippen LogP contribution in [0, 0.1) is 0 Å². The van der Waals surface area contributed by atoms with Crippen molar-refractivity contribution in [3.63, 3.8) is 0 Å². The van der Waals surface area contributed by atoms with Crippen LogP contribution in [-0.4, -0.2) is 27.9 Å². The smallest absolute Gasteiger partial charge is 0.273 e. The highest BCUT2D eigenvalue weighted by Crippen LogP contribution is 2.27. The van der Waals surface area contributed by atoms with Gasteiger partial charge >= 0.3 is 0 Å². The molecule has 174 valence electrons. The zero-order valence-corrected chi connectivity index (χ0v) is 19.3. The van der Waals surface area contributed by atoms with Crippen LogP contribution < -0.4 is 10.1 Å². The molecule has 0 aliphatic carbocycles. The van der Waals surface area contributed by atoms with Crippen LogP contribution in [0.25, 0.3) is 0 Å². The van der Waals surface area contributed by atoms with E-state index in [1.54, 1.807) is 19.5 Å². The molecule has 4 aromatic rings. The van der Waals surface area contributed by atoms with Crippen LogP contribution in [0.2, 0.25) is 0 Å². The lowest BCUT2D eigenvalue weighted by Crippen LogP contribution is -2.27. The minimum absolute atomic E-state index is 0.0841. The molecule has 7 heteroatoms. The first kappa shape index (κ1) is 23.2.